The maximum Gasteiger partial charge on any atom is 0.435 e. The van der Waals surface area contributed by atoms with E-state index in [4.69, 9.17) is 4.74 Å². The van der Waals surface area contributed by atoms with Crippen LogP contribution in [0.2, 0.25) is 0 Å². The van der Waals surface area contributed by atoms with Crippen LogP contribution in [-0.2, 0) is 27.5 Å². The zero-order valence-electron chi connectivity index (χ0n) is 13.4. The number of hydrogen-bond acceptors (Lipinski definition) is 4. The predicted molar refractivity (Wildman–Crippen MR) is 78.1 cm³/mol. The molecule has 1 saturated heterocycles. The second-order valence-electron chi connectivity index (χ2n) is 5.56. The normalized spacial score (nSPS) is 19.3. The van der Waals surface area contributed by atoms with Gasteiger partial charge in [0, 0.05) is 20.7 Å². The lowest BCUT2D eigenvalue weighted by atomic mass is 10.2. The second-order valence-corrected chi connectivity index (χ2v) is 5.56. The molecular weight excluding hydrogens is 329 g/mol. The van der Waals surface area contributed by atoms with Crippen molar-refractivity contribution >= 4 is 17.5 Å². The summed E-state index contributed by atoms with van der Waals surface area (Å²) in [7, 11) is 2.55. The van der Waals surface area contributed by atoms with Crippen LogP contribution < -0.4 is 5.32 Å². The van der Waals surface area contributed by atoms with E-state index in [1.165, 1.54) is 12.0 Å². The van der Waals surface area contributed by atoms with Gasteiger partial charge in [-0.15, -0.1) is 0 Å². The zero-order valence-corrected chi connectivity index (χ0v) is 13.4. The number of halogens is 3. The highest BCUT2D eigenvalue weighted by atomic mass is 19.4. The van der Waals surface area contributed by atoms with Crippen molar-refractivity contribution in [1.82, 2.24) is 14.7 Å². The number of rotatable bonds is 4. The molecule has 0 aromatic carbocycles. The molecule has 1 aliphatic rings. The number of carbonyl (C=O) groups is 2. The van der Waals surface area contributed by atoms with Crippen molar-refractivity contribution in [2.75, 3.05) is 25.5 Å². The van der Waals surface area contributed by atoms with E-state index in [0.717, 1.165) is 19.7 Å². The van der Waals surface area contributed by atoms with Gasteiger partial charge in [0.2, 0.25) is 5.91 Å². The van der Waals surface area contributed by atoms with E-state index in [2.05, 4.69) is 10.4 Å². The number of methoxy groups -OCH3 is 1. The van der Waals surface area contributed by atoms with Crippen molar-refractivity contribution in [3.8, 4) is 0 Å². The average molecular weight is 348 g/mol. The van der Waals surface area contributed by atoms with Crippen molar-refractivity contribution in [3.63, 3.8) is 0 Å². The van der Waals surface area contributed by atoms with E-state index < -0.39 is 29.6 Å². The summed E-state index contributed by atoms with van der Waals surface area (Å²) in [6, 6.07) is 0. The summed E-state index contributed by atoms with van der Waals surface area (Å²) in [4.78, 5) is 25.6. The smallest absolute Gasteiger partial charge is 0.372 e. The van der Waals surface area contributed by atoms with Gasteiger partial charge in [0.1, 0.15) is 6.10 Å². The third-order valence-corrected chi connectivity index (χ3v) is 3.83. The number of anilines is 1. The number of nitrogens with one attached hydrogen (secondary N) is 1. The van der Waals surface area contributed by atoms with Gasteiger partial charge in [-0.3, -0.25) is 14.3 Å². The monoisotopic (exact) mass is 348 g/mol. The number of likely N-dealkylation sites (tertiary alicyclic amines) is 1. The molecular formula is C14H19F3N4O3. The van der Waals surface area contributed by atoms with Gasteiger partial charge in [0.05, 0.1) is 18.4 Å². The fourth-order valence-electron chi connectivity index (χ4n) is 2.67. The van der Waals surface area contributed by atoms with Crippen molar-refractivity contribution < 1.29 is 27.5 Å². The van der Waals surface area contributed by atoms with Gasteiger partial charge in [0.15, 0.2) is 5.69 Å². The summed E-state index contributed by atoms with van der Waals surface area (Å²) in [5.41, 5.74) is -1.48. The Balaban J connectivity index is 2.07. The summed E-state index contributed by atoms with van der Waals surface area (Å²) in [6.07, 6.45) is -2.28. The molecule has 0 spiro atoms. The molecule has 2 amide bonds. The molecule has 1 atom stereocenters. The Morgan fingerprint density at radius 2 is 2.17 bits per heavy atom. The maximum atomic E-state index is 13.0. The number of aryl methyl sites for hydroxylation is 1. The molecule has 0 radical (unpaired) electrons. The minimum Gasteiger partial charge on any atom is -0.372 e. The molecule has 1 unspecified atom stereocenters. The first-order chi connectivity index (χ1) is 11.2. The van der Waals surface area contributed by atoms with E-state index in [9.17, 15) is 22.8 Å². The maximum absolute atomic E-state index is 13.0. The first-order valence-corrected chi connectivity index (χ1v) is 7.44. The van der Waals surface area contributed by atoms with Gasteiger partial charge in [-0.1, -0.05) is 0 Å². The molecule has 2 rings (SSSR count). The number of hydrogen-bond donors (Lipinski definition) is 1. The second kappa shape index (κ2) is 7.20. The van der Waals surface area contributed by atoms with Crippen molar-refractivity contribution in [1.29, 1.82) is 0 Å². The third-order valence-electron chi connectivity index (χ3n) is 3.83. The van der Waals surface area contributed by atoms with Crippen LogP contribution in [0, 0.1) is 0 Å². The van der Waals surface area contributed by atoms with E-state index >= 15 is 0 Å². The number of alkyl halides is 3. The molecule has 1 aromatic heterocycles. The highest BCUT2D eigenvalue weighted by Gasteiger charge is 2.38. The Kier molecular flexibility index (Phi) is 5.47. The number of nitrogens with zero attached hydrogens (tertiary/aromatic N) is 3. The summed E-state index contributed by atoms with van der Waals surface area (Å²) in [5, 5.41) is 5.70. The quantitative estimate of drug-likeness (QED) is 0.893. The number of carbonyl (C=O) groups excluding carboxylic acids is 2. The molecule has 0 bridgehead atoms. The molecule has 1 N–H and O–H groups in total. The molecule has 7 nitrogen and oxygen atoms in total. The Labute approximate surface area is 136 Å². The van der Waals surface area contributed by atoms with Gasteiger partial charge in [-0.05, 0) is 19.3 Å². The molecule has 10 heteroatoms. The summed E-state index contributed by atoms with van der Waals surface area (Å²) in [6.45, 7) is 0.0379. The Morgan fingerprint density at radius 3 is 2.79 bits per heavy atom. The van der Waals surface area contributed by atoms with Gasteiger partial charge in [0.25, 0.3) is 5.91 Å². The minimum absolute atomic E-state index is 0.326. The lowest BCUT2D eigenvalue weighted by molar-refractivity contribution is -0.144. The molecule has 1 aliphatic heterocycles. The van der Waals surface area contributed by atoms with E-state index in [-0.39, 0.29) is 12.5 Å². The predicted octanol–water partition coefficient (Wildman–Crippen LogP) is 1.40. The number of aromatic nitrogens is 2. The summed E-state index contributed by atoms with van der Waals surface area (Å²) in [5.74, 6) is -1.04. The molecule has 0 saturated carbocycles. The van der Waals surface area contributed by atoms with Gasteiger partial charge >= 0.3 is 6.18 Å². The number of ether oxygens (including phenoxy) is 1. The Morgan fingerprint density at radius 1 is 1.46 bits per heavy atom. The van der Waals surface area contributed by atoms with E-state index in [1.807, 2.05) is 0 Å². The van der Waals surface area contributed by atoms with Crippen LogP contribution >= 0.6 is 0 Å². The van der Waals surface area contributed by atoms with E-state index in [0.29, 0.717) is 24.1 Å². The summed E-state index contributed by atoms with van der Waals surface area (Å²) >= 11 is 0. The Hall–Kier alpha value is -2.10. The highest BCUT2D eigenvalue weighted by Crippen LogP contribution is 2.34. The molecule has 134 valence electrons. The molecule has 24 heavy (non-hydrogen) atoms. The third kappa shape index (κ3) is 4.05. The largest absolute Gasteiger partial charge is 0.435 e. The van der Waals surface area contributed by atoms with Crippen LogP contribution in [0.4, 0.5) is 18.9 Å². The van der Waals surface area contributed by atoms with Crippen LogP contribution in [0.15, 0.2) is 6.20 Å². The molecule has 2 heterocycles. The van der Waals surface area contributed by atoms with Crippen LogP contribution in [0.25, 0.3) is 0 Å². The Bertz CT molecular complexity index is 615. The standard InChI is InChI=1S/C14H19F3N4O3/c1-20-12(14(15,16)17)9(7-18-20)19-11(22)8-21-6-4-3-5-10(24-2)13(21)23/h7,10H,3-6,8H2,1-2H3,(H,19,22). The lowest BCUT2D eigenvalue weighted by Gasteiger charge is -2.23. The first kappa shape index (κ1) is 18.2. The highest BCUT2D eigenvalue weighted by molar-refractivity contribution is 5.95. The number of amides is 2. The average Bonchev–Trinajstić information content (AvgIpc) is 2.76. The molecule has 1 fully saturated rings. The van der Waals surface area contributed by atoms with Gasteiger partial charge < -0.3 is 15.0 Å². The van der Waals surface area contributed by atoms with Crippen molar-refractivity contribution in [2.24, 2.45) is 7.05 Å². The summed E-state index contributed by atoms with van der Waals surface area (Å²) < 4.78 is 44.7. The topological polar surface area (TPSA) is 76.5 Å². The van der Waals surface area contributed by atoms with Crippen LogP contribution in [0.3, 0.4) is 0 Å². The molecule has 0 aliphatic carbocycles. The first-order valence-electron chi connectivity index (χ1n) is 7.44. The van der Waals surface area contributed by atoms with Crippen LogP contribution in [-0.4, -0.2) is 52.8 Å². The molecule has 1 aromatic rings. The van der Waals surface area contributed by atoms with Crippen molar-refractivity contribution in [3.05, 3.63) is 11.9 Å². The minimum atomic E-state index is -4.65. The fourth-order valence-corrected chi connectivity index (χ4v) is 2.67. The van der Waals surface area contributed by atoms with Gasteiger partial charge in [-0.2, -0.15) is 18.3 Å². The SMILES string of the molecule is COC1CCCCN(CC(=O)Nc2cnn(C)c2C(F)(F)F)C1=O. The van der Waals surface area contributed by atoms with Gasteiger partial charge in [-0.25, -0.2) is 0 Å². The van der Waals surface area contributed by atoms with E-state index in [1.54, 1.807) is 0 Å². The van der Waals surface area contributed by atoms with Crippen LogP contribution in [0.5, 0.6) is 0 Å². The van der Waals surface area contributed by atoms with Crippen molar-refractivity contribution in [2.45, 2.75) is 31.5 Å². The lowest BCUT2D eigenvalue weighted by Crippen LogP contribution is -2.43. The zero-order chi connectivity index (χ0) is 17.9. The van der Waals surface area contributed by atoms with Crippen LogP contribution in [0.1, 0.15) is 25.0 Å². The fraction of sp³-hybridized carbons (Fsp3) is 0.643.